The highest BCUT2D eigenvalue weighted by molar-refractivity contribution is 5.94. The quantitative estimate of drug-likeness (QED) is 0.504. The third-order valence-electron chi connectivity index (χ3n) is 5.60. The van der Waals surface area contributed by atoms with Crippen LogP contribution >= 0.6 is 0 Å². The number of fused-ring (bicyclic) bond motifs is 2. The Morgan fingerprint density at radius 1 is 1.06 bits per heavy atom. The number of carbonyl (C=O) groups excluding carboxylic acids is 2. The van der Waals surface area contributed by atoms with Crippen LogP contribution < -0.4 is 21.1 Å². The lowest BCUT2D eigenvalue weighted by Crippen LogP contribution is -2.31. The maximum atomic E-state index is 12.8. The van der Waals surface area contributed by atoms with Crippen molar-refractivity contribution >= 4 is 28.5 Å². The van der Waals surface area contributed by atoms with E-state index in [-0.39, 0.29) is 23.9 Å². The van der Waals surface area contributed by atoms with Crippen LogP contribution in [0.2, 0.25) is 0 Å². The van der Waals surface area contributed by atoms with Crippen molar-refractivity contribution < 1.29 is 14.3 Å². The van der Waals surface area contributed by atoms with E-state index in [0.29, 0.717) is 44.8 Å². The number of benzene rings is 2. The molecule has 2 aromatic carbocycles. The number of rotatable bonds is 9. The van der Waals surface area contributed by atoms with E-state index in [1.54, 1.807) is 9.13 Å². The van der Waals surface area contributed by atoms with Crippen molar-refractivity contribution in [1.29, 1.82) is 0 Å². The predicted octanol–water partition coefficient (Wildman–Crippen LogP) is 2.68. The zero-order chi connectivity index (χ0) is 22.5. The van der Waals surface area contributed by atoms with Crippen molar-refractivity contribution in [3.63, 3.8) is 0 Å². The zero-order valence-corrected chi connectivity index (χ0v) is 18.2. The molecule has 0 fully saturated rings. The van der Waals surface area contributed by atoms with E-state index in [1.807, 2.05) is 49.4 Å². The smallest absolute Gasteiger partial charge is 0.329 e. The number of aryl methyl sites for hydroxylation is 3. The molecule has 1 aliphatic rings. The number of imidazole rings is 1. The van der Waals surface area contributed by atoms with E-state index in [1.165, 1.54) is 0 Å². The van der Waals surface area contributed by atoms with Gasteiger partial charge in [0.2, 0.25) is 11.8 Å². The fourth-order valence-corrected chi connectivity index (χ4v) is 4.04. The first kappa shape index (κ1) is 21.7. The molecule has 8 nitrogen and oxygen atoms in total. The largest absolute Gasteiger partial charge is 0.492 e. The molecule has 2 amide bonds. The molecular weight excluding hydrogens is 408 g/mol. The number of carbonyl (C=O) groups is 2. The molecule has 0 saturated carbocycles. The first-order valence-electron chi connectivity index (χ1n) is 11.1. The summed E-state index contributed by atoms with van der Waals surface area (Å²) in [5.41, 5.74) is 3.56. The zero-order valence-electron chi connectivity index (χ0n) is 18.2. The van der Waals surface area contributed by atoms with Crippen molar-refractivity contribution in [2.75, 3.05) is 18.5 Å². The molecule has 0 radical (unpaired) electrons. The number of para-hydroxylation sites is 2. The summed E-state index contributed by atoms with van der Waals surface area (Å²) in [6.07, 6.45) is 2.27. The molecule has 2 heterocycles. The van der Waals surface area contributed by atoms with Gasteiger partial charge in [0.15, 0.2) is 0 Å². The summed E-state index contributed by atoms with van der Waals surface area (Å²) in [4.78, 5) is 36.5. The number of ether oxygens (including phenoxy) is 1. The van der Waals surface area contributed by atoms with Crippen LogP contribution in [0.25, 0.3) is 11.0 Å². The van der Waals surface area contributed by atoms with E-state index < -0.39 is 0 Å². The van der Waals surface area contributed by atoms with Gasteiger partial charge >= 0.3 is 5.69 Å². The molecule has 0 bridgehead atoms. The maximum absolute atomic E-state index is 12.8. The number of anilines is 1. The third kappa shape index (κ3) is 4.69. The molecular formula is C24H28N4O4. The number of nitrogens with one attached hydrogen (secondary N) is 2. The van der Waals surface area contributed by atoms with Gasteiger partial charge in [-0.2, -0.15) is 0 Å². The number of nitrogens with zero attached hydrogens (tertiary/aromatic N) is 2. The van der Waals surface area contributed by atoms with Gasteiger partial charge in [0.25, 0.3) is 0 Å². The molecule has 0 atom stereocenters. The minimum atomic E-state index is -0.124. The van der Waals surface area contributed by atoms with Gasteiger partial charge in [0, 0.05) is 31.6 Å². The summed E-state index contributed by atoms with van der Waals surface area (Å²) in [5.74, 6) is 0.622. The third-order valence-corrected chi connectivity index (χ3v) is 5.60. The van der Waals surface area contributed by atoms with Crippen LogP contribution in [0.5, 0.6) is 5.75 Å². The number of aromatic nitrogens is 2. The summed E-state index contributed by atoms with van der Waals surface area (Å²) in [6.45, 7) is 3.74. The number of hydrogen-bond acceptors (Lipinski definition) is 4. The van der Waals surface area contributed by atoms with Crippen LogP contribution in [0.15, 0.2) is 47.3 Å². The number of hydrogen-bond donors (Lipinski definition) is 2. The highest BCUT2D eigenvalue weighted by atomic mass is 16.5. The molecule has 0 spiro atoms. The summed E-state index contributed by atoms with van der Waals surface area (Å²) in [5, 5.41) is 5.69. The van der Waals surface area contributed by atoms with Gasteiger partial charge < -0.3 is 15.4 Å². The van der Waals surface area contributed by atoms with E-state index in [2.05, 4.69) is 10.6 Å². The highest BCUT2D eigenvalue weighted by Gasteiger charge is 2.15. The molecule has 0 saturated heterocycles. The molecule has 3 aromatic rings. The summed E-state index contributed by atoms with van der Waals surface area (Å²) in [7, 11) is 0. The Bertz CT molecular complexity index is 1190. The highest BCUT2D eigenvalue weighted by Crippen LogP contribution is 2.26. The number of amides is 2. The van der Waals surface area contributed by atoms with Crippen LogP contribution in [0.4, 0.5) is 5.69 Å². The van der Waals surface area contributed by atoms with Crippen molar-refractivity contribution in [2.45, 2.75) is 45.7 Å². The Hall–Kier alpha value is -3.55. The fraction of sp³-hybridized carbons (Fsp3) is 0.375. The molecule has 1 aliphatic heterocycles. The van der Waals surface area contributed by atoms with Gasteiger partial charge in [0.05, 0.1) is 17.6 Å². The van der Waals surface area contributed by atoms with Crippen molar-refractivity contribution in [2.24, 2.45) is 0 Å². The lowest BCUT2D eigenvalue weighted by molar-refractivity contribution is -0.121. The Balaban J connectivity index is 1.27. The standard InChI is InChI=1S/C24H28N4O4/c1-2-13-27-20-5-3-4-6-21(20)28(24(27)31)14-11-22(29)25-12-15-32-18-8-9-19-17(16-18)7-10-23(30)26-19/h3-6,8-9,16H,2,7,10-15H2,1H3,(H,25,29)(H,26,30). The Labute approximate surface area is 186 Å². The molecule has 0 unspecified atom stereocenters. The molecule has 32 heavy (non-hydrogen) atoms. The van der Waals surface area contributed by atoms with Crippen molar-refractivity contribution in [3.05, 3.63) is 58.5 Å². The first-order valence-corrected chi connectivity index (χ1v) is 11.1. The molecule has 168 valence electrons. The van der Waals surface area contributed by atoms with E-state index >= 15 is 0 Å². The molecule has 1 aromatic heterocycles. The SMILES string of the molecule is CCCn1c(=O)n(CCC(=O)NCCOc2ccc3c(c2)CCC(=O)N3)c2ccccc21. The molecule has 8 heteroatoms. The lowest BCUT2D eigenvalue weighted by Gasteiger charge is -2.17. The first-order chi connectivity index (χ1) is 15.6. The Kier molecular flexibility index (Phi) is 6.58. The van der Waals surface area contributed by atoms with Gasteiger partial charge in [-0.1, -0.05) is 19.1 Å². The van der Waals surface area contributed by atoms with Gasteiger partial charge in [-0.25, -0.2) is 4.79 Å². The average Bonchev–Trinajstić information content (AvgIpc) is 3.06. The Morgan fingerprint density at radius 3 is 2.56 bits per heavy atom. The van der Waals surface area contributed by atoms with E-state index in [4.69, 9.17) is 4.74 Å². The predicted molar refractivity (Wildman–Crippen MR) is 123 cm³/mol. The summed E-state index contributed by atoms with van der Waals surface area (Å²) in [6, 6.07) is 13.3. The monoisotopic (exact) mass is 436 g/mol. The second-order valence-electron chi connectivity index (χ2n) is 7.89. The summed E-state index contributed by atoms with van der Waals surface area (Å²) >= 11 is 0. The second kappa shape index (κ2) is 9.72. The molecule has 0 aliphatic carbocycles. The van der Waals surface area contributed by atoms with Gasteiger partial charge in [-0.05, 0) is 48.7 Å². The fourth-order valence-electron chi connectivity index (χ4n) is 4.04. The minimum absolute atomic E-state index is 0.0334. The van der Waals surface area contributed by atoms with Gasteiger partial charge in [0.1, 0.15) is 12.4 Å². The van der Waals surface area contributed by atoms with Gasteiger partial charge in [-0.3, -0.25) is 18.7 Å². The topological polar surface area (TPSA) is 94.4 Å². The van der Waals surface area contributed by atoms with Gasteiger partial charge in [-0.15, -0.1) is 0 Å². The Morgan fingerprint density at radius 2 is 1.81 bits per heavy atom. The van der Waals surface area contributed by atoms with E-state index in [9.17, 15) is 14.4 Å². The van der Waals surface area contributed by atoms with Crippen molar-refractivity contribution in [3.8, 4) is 5.75 Å². The van der Waals surface area contributed by atoms with Crippen molar-refractivity contribution in [1.82, 2.24) is 14.5 Å². The second-order valence-corrected chi connectivity index (χ2v) is 7.89. The van der Waals surface area contributed by atoms with Crippen LogP contribution in [0.3, 0.4) is 0 Å². The van der Waals surface area contributed by atoms with Crippen LogP contribution in [-0.4, -0.2) is 34.1 Å². The molecule has 4 rings (SSSR count). The van der Waals surface area contributed by atoms with Crippen LogP contribution in [0.1, 0.15) is 31.7 Å². The maximum Gasteiger partial charge on any atom is 0.329 e. The normalized spacial score (nSPS) is 13.0. The lowest BCUT2D eigenvalue weighted by atomic mass is 10.0. The van der Waals surface area contributed by atoms with Crippen LogP contribution in [-0.2, 0) is 29.1 Å². The van der Waals surface area contributed by atoms with E-state index in [0.717, 1.165) is 28.7 Å². The molecule has 2 N–H and O–H groups in total. The van der Waals surface area contributed by atoms with Crippen LogP contribution in [0, 0.1) is 0 Å². The average molecular weight is 437 g/mol. The minimum Gasteiger partial charge on any atom is -0.492 e. The summed E-state index contributed by atoms with van der Waals surface area (Å²) < 4.78 is 9.18.